The fraction of sp³-hybridized carbons (Fsp3) is 0. The Bertz CT molecular complexity index is 2690. The molecule has 5 heteroatoms. The molecule has 7 aromatic carbocycles. The summed E-state index contributed by atoms with van der Waals surface area (Å²) in [5, 5.41) is 4.45. The minimum Gasteiger partial charge on any atom is -0.458 e. The van der Waals surface area contributed by atoms with Crippen molar-refractivity contribution in [2.45, 2.75) is 0 Å². The summed E-state index contributed by atoms with van der Waals surface area (Å²) in [7, 11) is 0. The molecule has 9 aromatic rings. The molecular formula is C42H24BNO3. The van der Waals surface area contributed by atoms with Gasteiger partial charge in [0.1, 0.15) is 34.2 Å². The number of benzene rings is 7. The van der Waals surface area contributed by atoms with Crippen molar-refractivity contribution in [3.05, 3.63) is 146 Å². The predicted molar refractivity (Wildman–Crippen MR) is 191 cm³/mol. The summed E-state index contributed by atoms with van der Waals surface area (Å²) >= 11 is 0. The molecule has 0 fully saturated rings. The molecule has 2 aliphatic rings. The Balaban J connectivity index is 1.31. The van der Waals surface area contributed by atoms with Gasteiger partial charge in [-0.3, -0.25) is 0 Å². The first-order chi connectivity index (χ1) is 23.3. The maximum atomic E-state index is 6.76. The molecule has 2 aromatic heterocycles. The molecule has 47 heavy (non-hydrogen) atoms. The summed E-state index contributed by atoms with van der Waals surface area (Å²) in [6.45, 7) is 0.0188. The third kappa shape index (κ3) is 3.38. The highest BCUT2D eigenvalue weighted by atomic mass is 16.5. The second-order valence-electron chi connectivity index (χ2n) is 12.4. The highest BCUT2D eigenvalue weighted by Crippen LogP contribution is 2.48. The molecule has 0 unspecified atom stereocenters. The number of hydrogen-bond acceptors (Lipinski definition) is 3. The SMILES string of the molecule is c1ccc(-n2c3ccccc3c3cc4oc5ccccc5c4c(-c4cc5c6c(c4)Oc4ccccc4B6c4ccccc4O5)c32)cc1. The molecule has 2 aliphatic heterocycles. The van der Waals surface area contributed by atoms with Crippen molar-refractivity contribution >= 4 is 66.8 Å². The van der Waals surface area contributed by atoms with Crippen LogP contribution in [0.4, 0.5) is 0 Å². The third-order valence-corrected chi connectivity index (χ3v) is 9.89. The second-order valence-corrected chi connectivity index (χ2v) is 12.4. The molecule has 11 rings (SSSR count). The van der Waals surface area contributed by atoms with Crippen LogP contribution < -0.4 is 25.9 Å². The van der Waals surface area contributed by atoms with E-state index in [-0.39, 0.29) is 6.71 Å². The molecule has 4 nitrogen and oxygen atoms in total. The smallest absolute Gasteiger partial charge is 0.260 e. The van der Waals surface area contributed by atoms with Crippen molar-refractivity contribution in [2.75, 3.05) is 0 Å². The van der Waals surface area contributed by atoms with Crippen molar-refractivity contribution in [1.82, 2.24) is 4.57 Å². The summed E-state index contributed by atoms with van der Waals surface area (Å²) in [5.74, 6) is 3.38. The standard InChI is InChI=1S/C42H24BNO3/c1-2-12-26(13-3-1)44-32-18-8-4-14-27(32)29-24-36-40(28-15-5-9-19-33(28)45-36)39(42(29)44)25-22-37-41-38(23-25)47-35-21-11-7-17-31(35)43(41)30-16-6-10-20-34(30)46-37/h1-24H. The number of para-hydroxylation sites is 5. The largest absolute Gasteiger partial charge is 0.458 e. The average Bonchev–Trinajstić information content (AvgIpc) is 3.66. The van der Waals surface area contributed by atoms with Crippen LogP contribution in [0, 0.1) is 0 Å². The Morgan fingerprint density at radius 3 is 1.85 bits per heavy atom. The van der Waals surface area contributed by atoms with Crippen LogP contribution in [0.5, 0.6) is 23.0 Å². The number of hydrogen-bond donors (Lipinski definition) is 0. The maximum Gasteiger partial charge on any atom is 0.260 e. The maximum absolute atomic E-state index is 6.76. The minimum absolute atomic E-state index is 0.0188. The Morgan fingerprint density at radius 2 is 1.11 bits per heavy atom. The third-order valence-electron chi connectivity index (χ3n) is 9.89. The summed E-state index contributed by atoms with van der Waals surface area (Å²) in [4.78, 5) is 0. The van der Waals surface area contributed by atoms with E-state index in [2.05, 4.69) is 132 Å². The highest BCUT2D eigenvalue weighted by Gasteiger charge is 2.40. The van der Waals surface area contributed by atoms with Gasteiger partial charge in [-0.05, 0) is 71.1 Å². The minimum atomic E-state index is 0.0188. The van der Waals surface area contributed by atoms with Gasteiger partial charge >= 0.3 is 0 Å². The van der Waals surface area contributed by atoms with Gasteiger partial charge in [-0.25, -0.2) is 0 Å². The van der Waals surface area contributed by atoms with E-state index in [0.29, 0.717) is 0 Å². The van der Waals surface area contributed by atoms with Crippen LogP contribution in [0.25, 0.3) is 60.6 Å². The number of nitrogens with zero attached hydrogens (tertiary/aromatic N) is 1. The highest BCUT2D eigenvalue weighted by molar-refractivity contribution is 6.98. The molecule has 0 N–H and O–H groups in total. The van der Waals surface area contributed by atoms with Crippen molar-refractivity contribution < 1.29 is 13.9 Å². The Labute approximate surface area is 270 Å². The van der Waals surface area contributed by atoms with Crippen LogP contribution >= 0.6 is 0 Å². The van der Waals surface area contributed by atoms with Crippen molar-refractivity contribution in [1.29, 1.82) is 0 Å². The van der Waals surface area contributed by atoms with Crippen LogP contribution in [0.15, 0.2) is 150 Å². The molecule has 0 amide bonds. The first kappa shape index (κ1) is 25.0. The molecule has 0 spiro atoms. The van der Waals surface area contributed by atoms with E-state index in [1.54, 1.807) is 0 Å². The molecule has 0 aliphatic carbocycles. The zero-order valence-corrected chi connectivity index (χ0v) is 25.1. The number of fused-ring (bicyclic) bond motifs is 10. The predicted octanol–water partition coefficient (Wildman–Crippen LogP) is 9.08. The van der Waals surface area contributed by atoms with Crippen molar-refractivity contribution in [2.24, 2.45) is 0 Å². The van der Waals surface area contributed by atoms with E-state index < -0.39 is 0 Å². The summed E-state index contributed by atoms with van der Waals surface area (Å²) in [6.07, 6.45) is 0. The lowest BCUT2D eigenvalue weighted by atomic mass is 9.35. The topological polar surface area (TPSA) is 36.5 Å². The molecule has 0 bridgehead atoms. The fourth-order valence-electron chi connectivity index (χ4n) is 8.00. The van der Waals surface area contributed by atoms with Crippen LogP contribution in [0.3, 0.4) is 0 Å². The number of aromatic nitrogens is 1. The van der Waals surface area contributed by atoms with E-state index in [1.807, 2.05) is 18.2 Å². The average molecular weight is 601 g/mol. The lowest BCUT2D eigenvalue weighted by Gasteiger charge is -2.33. The van der Waals surface area contributed by atoms with Gasteiger partial charge in [0, 0.05) is 38.3 Å². The summed E-state index contributed by atoms with van der Waals surface area (Å²) in [6, 6.07) is 50.9. The quantitative estimate of drug-likeness (QED) is 0.186. The normalized spacial score (nSPS) is 13.0. The van der Waals surface area contributed by atoms with E-state index >= 15 is 0 Å². The van der Waals surface area contributed by atoms with Crippen LogP contribution in [-0.2, 0) is 0 Å². The Morgan fingerprint density at radius 1 is 0.489 bits per heavy atom. The summed E-state index contributed by atoms with van der Waals surface area (Å²) in [5.41, 5.74) is 10.5. The van der Waals surface area contributed by atoms with Gasteiger partial charge in [0.15, 0.2) is 0 Å². The molecule has 0 saturated heterocycles. The molecular weight excluding hydrogens is 577 g/mol. The number of furan rings is 1. The second kappa shape index (κ2) is 9.18. The van der Waals surface area contributed by atoms with Gasteiger partial charge in [-0.1, -0.05) is 91.0 Å². The number of ether oxygens (including phenoxy) is 2. The van der Waals surface area contributed by atoms with Crippen LogP contribution in [-0.4, -0.2) is 11.3 Å². The monoisotopic (exact) mass is 601 g/mol. The molecule has 218 valence electrons. The van der Waals surface area contributed by atoms with Crippen molar-refractivity contribution in [3.63, 3.8) is 0 Å². The zero-order chi connectivity index (χ0) is 30.6. The lowest BCUT2D eigenvalue weighted by molar-refractivity contribution is 0.465. The van der Waals surface area contributed by atoms with Gasteiger partial charge in [-0.15, -0.1) is 0 Å². The molecule has 4 heterocycles. The van der Waals surface area contributed by atoms with Crippen molar-refractivity contribution in [3.8, 4) is 39.8 Å². The Hall–Kier alpha value is -6.20. The van der Waals surface area contributed by atoms with Gasteiger partial charge in [0.2, 0.25) is 0 Å². The van der Waals surface area contributed by atoms with Gasteiger partial charge in [-0.2, -0.15) is 0 Å². The van der Waals surface area contributed by atoms with Gasteiger partial charge in [0.25, 0.3) is 6.71 Å². The van der Waals surface area contributed by atoms with E-state index in [1.165, 1.54) is 5.39 Å². The molecule has 0 atom stereocenters. The van der Waals surface area contributed by atoms with E-state index in [0.717, 1.165) is 94.6 Å². The Kier molecular flexibility index (Phi) is 4.89. The number of rotatable bonds is 2. The lowest BCUT2D eigenvalue weighted by Crippen LogP contribution is -2.57. The molecule has 0 radical (unpaired) electrons. The summed E-state index contributed by atoms with van der Waals surface area (Å²) < 4.78 is 22.5. The molecule has 0 saturated carbocycles. The first-order valence-corrected chi connectivity index (χ1v) is 16.0. The van der Waals surface area contributed by atoms with Crippen LogP contribution in [0.2, 0.25) is 0 Å². The van der Waals surface area contributed by atoms with E-state index in [9.17, 15) is 0 Å². The van der Waals surface area contributed by atoms with Gasteiger partial charge in [0.05, 0.1) is 11.0 Å². The first-order valence-electron chi connectivity index (χ1n) is 16.0. The van der Waals surface area contributed by atoms with Crippen LogP contribution in [0.1, 0.15) is 0 Å². The fourth-order valence-corrected chi connectivity index (χ4v) is 8.00. The van der Waals surface area contributed by atoms with E-state index in [4.69, 9.17) is 13.9 Å². The van der Waals surface area contributed by atoms with Gasteiger partial charge < -0.3 is 18.5 Å². The zero-order valence-electron chi connectivity index (χ0n) is 25.1.